The van der Waals surface area contributed by atoms with Gasteiger partial charge in [-0.15, -0.1) is 0 Å². The molecule has 0 bridgehead atoms. The van der Waals surface area contributed by atoms with Crippen molar-refractivity contribution in [1.29, 1.82) is 0 Å². The third-order valence-corrected chi connectivity index (χ3v) is 1.94. The molecule has 0 amide bonds. The van der Waals surface area contributed by atoms with Crippen molar-refractivity contribution in [2.75, 3.05) is 11.1 Å². The molecule has 2 aromatic rings. The van der Waals surface area contributed by atoms with Crippen molar-refractivity contribution < 1.29 is 8.78 Å². The zero-order valence-corrected chi connectivity index (χ0v) is 8.24. The fraction of sp³-hybridized carbons (Fsp3) is 0. The molecule has 0 saturated heterocycles. The first-order valence-electron chi connectivity index (χ1n) is 4.58. The van der Waals surface area contributed by atoms with Crippen LogP contribution in [0.5, 0.6) is 0 Å². The predicted octanol–water partition coefficient (Wildman–Crippen LogP) is 2.69. The van der Waals surface area contributed by atoms with E-state index >= 15 is 0 Å². The van der Waals surface area contributed by atoms with Crippen LogP contribution in [0.3, 0.4) is 0 Å². The molecule has 0 aliphatic carbocycles. The number of nitrogens with one attached hydrogen (secondary N) is 1. The Labute approximate surface area is 90.9 Å². The molecule has 0 atom stereocenters. The Morgan fingerprint density at radius 3 is 2.25 bits per heavy atom. The van der Waals surface area contributed by atoms with Crippen LogP contribution in [0.25, 0.3) is 0 Å². The standard InChI is InChI=1S/C11H9F2N3/c12-7-3-8(13)5-10(4-7)16-9-1-2-11(14)15-6-9/h1-6,16H,(H2,14,15). The largest absolute Gasteiger partial charge is 0.384 e. The highest BCUT2D eigenvalue weighted by Crippen LogP contribution is 2.18. The van der Waals surface area contributed by atoms with Crippen molar-refractivity contribution in [2.24, 2.45) is 0 Å². The Kier molecular flexibility index (Phi) is 2.68. The van der Waals surface area contributed by atoms with Crippen LogP contribution in [0.2, 0.25) is 0 Å². The number of nitrogens with zero attached hydrogens (tertiary/aromatic N) is 1. The van der Waals surface area contributed by atoms with Crippen molar-refractivity contribution in [3.63, 3.8) is 0 Å². The summed E-state index contributed by atoms with van der Waals surface area (Å²) < 4.78 is 25.8. The first-order valence-corrected chi connectivity index (χ1v) is 4.58. The van der Waals surface area contributed by atoms with Gasteiger partial charge in [0.05, 0.1) is 11.9 Å². The first kappa shape index (κ1) is 10.4. The van der Waals surface area contributed by atoms with Crippen LogP contribution in [0.15, 0.2) is 36.5 Å². The van der Waals surface area contributed by atoms with Crippen LogP contribution < -0.4 is 11.1 Å². The summed E-state index contributed by atoms with van der Waals surface area (Å²) in [4.78, 5) is 3.85. The third kappa shape index (κ3) is 2.44. The van der Waals surface area contributed by atoms with Crippen molar-refractivity contribution in [3.8, 4) is 0 Å². The molecule has 0 saturated carbocycles. The summed E-state index contributed by atoms with van der Waals surface area (Å²) in [5.41, 5.74) is 6.34. The predicted molar refractivity (Wildman–Crippen MR) is 58.3 cm³/mol. The van der Waals surface area contributed by atoms with Gasteiger partial charge in [0.15, 0.2) is 0 Å². The van der Waals surface area contributed by atoms with E-state index in [1.165, 1.54) is 18.3 Å². The Bertz CT molecular complexity index is 477. The number of rotatable bonds is 2. The van der Waals surface area contributed by atoms with E-state index in [1.54, 1.807) is 12.1 Å². The fourth-order valence-electron chi connectivity index (χ4n) is 1.27. The maximum absolute atomic E-state index is 12.9. The number of benzene rings is 1. The third-order valence-electron chi connectivity index (χ3n) is 1.94. The highest BCUT2D eigenvalue weighted by atomic mass is 19.1. The van der Waals surface area contributed by atoms with Crippen LogP contribution in [-0.2, 0) is 0 Å². The SMILES string of the molecule is Nc1ccc(Nc2cc(F)cc(F)c2)cn1. The molecular weight excluding hydrogens is 212 g/mol. The van der Waals surface area contributed by atoms with Crippen molar-refractivity contribution >= 4 is 17.2 Å². The lowest BCUT2D eigenvalue weighted by atomic mass is 10.3. The summed E-state index contributed by atoms with van der Waals surface area (Å²) in [5.74, 6) is -0.882. The highest BCUT2D eigenvalue weighted by Gasteiger charge is 2.01. The maximum atomic E-state index is 12.9. The number of halogens is 2. The van der Waals surface area contributed by atoms with Crippen molar-refractivity contribution in [1.82, 2.24) is 4.98 Å². The highest BCUT2D eigenvalue weighted by molar-refractivity contribution is 5.59. The lowest BCUT2D eigenvalue weighted by molar-refractivity contribution is 0.584. The van der Waals surface area contributed by atoms with Gasteiger partial charge in [0, 0.05) is 11.8 Å². The Hall–Kier alpha value is -2.17. The molecule has 1 aromatic carbocycles. The molecule has 1 heterocycles. The molecule has 1 aromatic heterocycles. The average molecular weight is 221 g/mol. The zero-order valence-electron chi connectivity index (χ0n) is 8.24. The van der Waals surface area contributed by atoms with E-state index in [-0.39, 0.29) is 0 Å². The lowest BCUT2D eigenvalue weighted by Gasteiger charge is -2.06. The number of nitrogen functional groups attached to an aromatic ring is 1. The van der Waals surface area contributed by atoms with E-state index in [0.29, 0.717) is 17.2 Å². The molecule has 0 aliphatic heterocycles. The molecule has 2 rings (SSSR count). The monoisotopic (exact) mass is 221 g/mol. The second-order valence-corrected chi connectivity index (χ2v) is 3.25. The smallest absolute Gasteiger partial charge is 0.128 e. The molecule has 0 unspecified atom stereocenters. The fourth-order valence-corrected chi connectivity index (χ4v) is 1.27. The maximum Gasteiger partial charge on any atom is 0.128 e. The normalized spacial score (nSPS) is 10.1. The summed E-state index contributed by atoms with van der Waals surface area (Å²) in [6, 6.07) is 6.47. The minimum atomic E-state index is -0.633. The summed E-state index contributed by atoms with van der Waals surface area (Å²) in [6.07, 6.45) is 1.48. The van der Waals surface area contributed by atoms with E-state index in [4.69, 9.17) is 5.73 Å². The van der Waals surface area contributed by atoms with Gasteiger partial charge in [-0.1, -0.05) is 0 Å². The van der Waals surface area contributed by atoms with Gasteiger partial charge in [0.1, 0.15) is 17.5 Å². The molecule has 5 heteroatoms. The van der Waals surface area contributed by atoms with Crippen LogP contribution in [-0.4, -0.2) is 4.98 Å². The summed E-state index contributed by atoms with van der Waals surface area (Å²) in [5, 5.41) is 2.81. The van der Waals surface area contributed by atoms with Crippen molar-refractivity contribution in [2.45, 2.75) is 0 Å². The van der Waals surface area contributed by atoms with E-state index in [9.17, 15) is 8.78 Å². The average Bonchev–Trinajstić information content (AvgIpc) is 2.20. The molecular formula is C11H9F2N3. The topological polar surface area (TPSA) is 50.9 Å². The van der Waals surface area contributed by atoms with Crippen LogP contribution >= 0.6 is 0 Å². The van der Waals surface area contributed by atoms with Gasteiger partial charge in [-0.2, -0.15) is 0 Å². The summed E-state index contributed by atoms with van der Waals surface area (Å²) in [7, 11) is 0. The molecule has 0 aliphatic rings. The minimum absolute atomic E-state index is 0.323. The van der Waals surface area contributed by atoms with E-state index in [2.05, 4.69) is 10.3 Å². The van der Waals surface area contributed by atoms with Gasteiger partial charge >= 0.3 is 0 Å². The Balaban J connectivity index is 2.23. The number of nitrogens with two attached hydrogens (primary N) is 1. The number of anilines is 3. The van der Waals surface area contributed by atoms with Gasteiger partial charge in [0.2, 0.25) is 0 Å². The second kappa shape index (κ2) is 4.14. The molecule has 3 nitrogen and oxygen atoms in total. The second-order valence-electron chi connectivity index (χ2n) is 3.25. The van der Waals surface area contributed by atoms with E-state index in [1.807, 2.05) is 0 Å². The van der Waals surface area contributed by atoms with Gasteiger partial charge in [0.25, 0.3) is 0 Å². The van der Waals surface area contributed by atoms with Crippen LogP contribution in [0.4, 0.5) is 26.0 Å². The molecule has 82 valence electrons. The first-order chi connectivity index (χ1) is 7.63. The summed E-state index contributed by atoms with van der Waals surface area (Å²) >= 11 is 0. The van der Waals surface area contributed by atoms with Crippen LogP contribution in [0.1, 0.15) is 0 Å². The van der Waals surface area contributed by atoms with Crippen molar-refractivity contribution in [3.05, 3.63) is 48.2 Å². The molecule has 0 fully saturated rings. The lowest BCUT2D eigenvalue weighted by Crippen LogP contribution is -1.95. The quantitative estimate of drug-likeness (QED) is 0.819. The van der Waals surface area contributed by atoms with E-state index < -0.39 is 11.6 Å². The number of aromatic nitrogens is 1. The zero-order chi connectivity index (χ0) is 11.5. The van der Waals surface area contributed by atoms with Crippen LogP contribution in [0, 0.1) is 11.6 Å². The number of hydrogen-bond donors (Lipinski definition) is 2. The van der Waals surface area contributed by atoms with Gasteiger partial charge in [-0.3, -0.25) is 0 Å². The molecule has 16 heavy (non-hydrogen) atoms. The number of pyridine rings is 1. The Morgan fingerprint density at radius 1 is 1.00 bits per heavy atom. The minimum Gasteiger partial charge on any atom is -0.384 e. The van der Waals surface area contributed by atoms with Gasteiger partial charge in [-0.25, -0.2) is 13.8 Å². The van der Waals surface area contributed by atoms with Gasteiger partial charge < -0.3 is 11.1 Å². The molecule has 0 spiro atoms. The van der Waals surface area contributed by atoms with E-state index in [0.717, 1.165) is 6.07 Å². The Morgan fingerprint density at radius 2 is 1.69 bits per heavy atom. The molecule has 3 N–H and O–H groups in total. The number of hydrogen-bond acceptors (Lipinski definition) is 3. The van der Waals surface area contributed by atoms with Gasteiger partial charge in [-0.05, 0) is 24.3 Å². The molecule has 0 radical (unpaired) electrons. The summed E-state index contributed by atoms with van der Waals surface area (Å²) in [6.45, 7) is 0.